The molecule has 5 heteroatoms. The topological polar surface area (TPSA) is 37.4 Å². The molecule has 0 bridgehead atoms. The molecule has 1 aromatic carbocycles. The van der Waals surface area contributed by atoms with Gasteiger partial charge in [-0.1, -0.05) is 35.3 Å². The zero-order valence-electron chi connectivity index (χ0n) is 8.11. The zero-order chi connectivity index (χ0) is 11.7. The zero-order valence-corrected chi connectivity index (χ0v) is 9.63. The molecule has 0 spiro atoms. The first-order chi connectivity index (χ1) is 7.65. The summed E-state index contributed by atoms with van der Waals surface area (Å²) in [4.78, 5) is 24.7. The molecular weight excluding hydrogens is 249 g/mol. The lowest BCUT2D eigenvalue weighted by molar-refractivity contribution is 0.0670. The van der Waals surface area contributed by atoms with E-state index in [0.29, 0.717) is 11.1 Å². The minimum atomic E-state index is -0.336. The predicted molar refractivity (Wildman–Crippen MR) is 61.6 cm³/mol. The van der Waals surface area contributed by atoms with Crippen LogP contribution >= 0.6 is 23.2 Å². The molecule has 1 aliphatic heterocycles. The lowest BCUT2D eigenvalue weighted by Crippen LogP contribution is -2.30. The normalized spacial score (nSPS) is 15.6. The Morgan fingerprint density at radius 2 is 1.69 bits per heavy atom. The van der Waals surface area contributed by atoms with Crippen molar-refractivity contribution in [3.8, 4) is 0 Å². The van der Waals surface area contributed by atoms with Crippen molar-refractivity contribution in [1.82, 2.24) is 4.90 Å². The standard InChI is InChI=1S/C11H7Cl2NO2/c12-5-7(13)6-14-10(15)8-3-1-2-4-9(8)11(14)16/h1-5H,6H2/b7-5+. The summed E-state index contributed by atoms with van der Waals surface area (Å²) in [6.07, 6.45) is 0. The van der Waals surface area contributed by atoms with E-state index in [-0.39, 0.29) is 23.4 Å². The third kappa shape index (κ3) is 1.72. The van der Waals surface area contributed by atoms with Crippen LogP contribution in [0.3, 0.4) is 0 Å². The van der Waals surface area contributed by atoms with Gasteiger partial charge < -0.3 is 0 Å². The minimum Gasteiger partial charge on any atom is -0.269 e. The summed E-state index contributed by atoms with van der Waals surface area (Å²) in [5.74, 6) is -0.672. The maximum atomic E-state index is 11.8. The van der Waals surface area contributed by atoms with E-state index in [1.807, 2.05) is 0 Å². The highest BCUT2D eigenvalue weighted by molar-refractivity contribution is 6.37. The second-order valence-electron chi connectivity index (χ2n) is 3.30. The van der Waals surface area contributed by atoms with Gasteiger partial charge in [0.1, 0.15) is 0 Å². The molecule has 0 atom stereocenters. The lowest BCUT2D eigenvalue weighted by atomic mass is 10.1. The molecule has 16 heavy (non-hydrogen) atoms. The SMILES string of the molecule is O=C1c2ccccc2C(=O)N1C/C(Cl)=C\Cl. The van der Waals surface area contributed by atoms with Crippen molar-refractivity contribution in [2.45, 2.75) is 0 Å². The van der Waals surface area contributed by atoms with Crippen molar-refractivity contribution in [3.63, 3.8) is 0 Å². The molecule has 0 aliphatic carbocycles. The van der Waals surface area contributed by atoms with Crippen LogP contribution in [0.1, 0.15) is 20.7 Å². The number of nitrogens with zero attached hydrogens (tertiary/aromatic N) is 1. The monoisotopic (exact) mass is 255 g/mol. The molecule has 3 nitrogen and oxygen atoms in total. The van der Waals surface area contributed by atoms with Gasteiger partial charge in [-0.05, 0) is 12.1 Å². The van der Waals surface area contributed by atoms with Crippen molar-refractivity contribution in [3.05, 3.63) is 46.0 Å². The fourth-order valence-corrected chi connectivity index (χ4v) is 1.76. The number of rotatable bonds is 2. The Labute approximate surface area is 102 Å². The fraction of sp³-hybridized carbons (Fsp3) is 0.0909. The summed E-state index contributed by atoms with van der Waals surface area (Å²) >= 11 is 11.1. The first kappa shape index (κ1) is 11.2. The molecule has 0 fully saturated rings. The number of hydrogen-bond acceptors (Lipinski definition) is 2. The van der Waals surface area contributed by atoms with Gasteiger partial charge in [0, 0.05) is 10.6 Å². The summed E-state index contributed by atoms with van der Waals surface area (Å²) in [6.45, 7) is 0.0113. The molecule has 82 valence electrons. The van der Waals surface area contributed by atoms with E-state index in [9.17, 15) is 9.59 Å². The van der Waals surface area contributed by atoms with Crippen LogP contribution in [-0.2, 0) is 0 Å². The molecule has 1 aliphatic rings. The number of benzene rings is 1. The summed E-state index contributed by atoms with van der Waals surface area (Å²) in [5.41, 5.74) is 1.96. The Kier molecular flexibility index (Phi) is 2.99. The molecule has 2 amide bonds. The van der Waals surface area contributed by atoms with E-state index >= 15 is 0 Å². The molecule has 0 unspecified atom stereocenters. The maximum Gasteiger partial charge on any atom is 0.261 e. The molecule has 0 radical (unpaired) electrons. The number of fused-ring (bicyclic) bond motifs is 1. The lowest BCUT2D eigenvalue weighted by Gasteiger charge is -2.12. The van der Waals surface area contributed by atoms with E-state index < -0.39 is 0 Å². The van der Waals surface area contributed by atoms with Gasteiger partial charge in [-0.3, -0.25) is 14.5 Å². The fourth-order valence-electron chi connectivity index (χ4n) is 1.57. The first-order valence-electron chi connectivity index (χ1n) is 4.55. The van der Waals surface area contributed by atoms with Gasteiger partial charge in [-0.15, -0.1) is 0 Å². The Morgan fingerprint density at radius 1 is 1.19 bits per heavy atom. The van der Waals surface area contributed by atoms with Crippen LogP contribution in [0.5, 0.6) is 0 Å². The van der Waals surface area contributed by atoms with Gasteiger partial charge in [0.25, 0.3) is 11.8 Å². The molecule has 1 heterocycles. The van der Waals surface area contributed by atoms with Crippen molar-refractivity contribution in [2.75, 3.05) is 6.54 Å². The maximum absolute atomic E-state index is 11.8. The average molecular weight is 256 g/mol. The van der Waals surface area contributed by atoms with E-state index in [4.69, 9.17) is 23.2 Å². The van der Waals surface area contributed by atoms with Gasteiger partial charge >= 0.3 is 0 Å². The number of hydrogen-bond donors (Lipinski definition) is 0. The molecule has 0 N–H and O–H groups in total. The van der Waals surface area contributed by atoms with E-state index in [1.165, 1.54) is 0 Å². The van der Waals surface area contributed by atoms with Crippen LogP contribution in [0.2, 0.25) is 0 Å². The number of carbonyl (C=O) groups is 2. The highest BCUT2D eigenvalue weighted by Crippen LogP contribution is 2.23. The predicted octanol–water partition coefficient (Wildman–Crippen LogP) is 2.60. The van der Waals surface area contributed by atoms with Crippen molar-refractivity contribution >= 4 is 35.0 Å². The largest absolute Gasteiger partial charge is 0.269 e. The highest BCUT2D eigenvalue weighted by Gasteiger charge is 2.35. The van der Waals surface area contributed by atoms with Crippen LogP contribution in [0.4, 0.5) is 0 Å². The van der Waals surface area contributed by atoms with Crippen LogP contribution < -0.4 is 0 Å². The molecular formula is C11H7Cl2NO2. The molecule has 2 rings (SSSR count). The average Bonchev–Trinajstić information content (AvgIpc) is 2.55. The van der Waals surface area contributed by atoms with Gasteiger partial charge in [0.15, 0.2) is 0 Å². The quantitative estimate of drug-likeness (QED) is 0.762. The van der Waals surface area contributed by atoms with Crippen molar-refractivity contribution < 1.29 is 9.59 Å². The van der Waals surface area contributed by atoms with Crippen LogP contribution in [-0.4, -0.2) is 23.3 Å². The Hall–Kier alpha value is -1.32. The molecule has 0 aromatic heterocycles. The minimum absolute atomic E-state index is 0.0113. The molecule has 0 saturated heterocycles. The summed E-state index contributed by atoms with van der Waals surface area (Å²) in [6, 6.07) is 6.67. The summed E-state index contributed by atoms with van der Waals surface area (Å²) in [7, 11) is 0. The third-order valence-electron chi connectivity index (χ3n) is 2.31. The number of carbonyl (C=O) groups excluding carboxylic acids is 2. The summed E-state index contributed by atoms with van der Waals surface area (Å²) in [5, 5.41) is 0.246. The number of imide groups is 1. The Morgan fingerprint density at radius 3 is 2.12 bits per heavy atom. The number of amides is 2. The molecule has 1 aromatic rings. The van der Waals surface area contributed by atoms with Crippen molar-refractivity contribution in [1.29, 1.82) is 0 Å². The summed E-state index contributed by atoms with van der Waals surface area (Å²) < 4.78 is 0. The van der Waals surface area contributed by atoms with Gasteiger partial charge in [0.2, 0.25) is 0 Å². The second-order valence-corrected chi connectivity index (χ2v) is 4.00. The highest BCUT2D eigenvalue weighted by atomic mass is 35.5. The van der Waals surface area contributed by atoms with Gasteiger partial charge in [0.05, 0.1) is 17.7 Å². The Balaban J connectivity index is 2.35. The molecule has 0 saturated carbocycles. The first-order valence-corrected chi connectivity index (χ1v) is 5.36. The van der Waals surface area contributed by atoms with Crippen LogP contribution in [0, 0.1) is 0 Å². The van der Waals surface area contributed by atoms with E-state index in [2.05, 4.69) is 0 Å². The van der Waals surface area contributed by atoms with Crippen molar-refractivity contribution in [2.24, 2.45) is 0 Å². The van der Waals surface area contributed by atoms with E-state index in [1.54, 1.807) is 24.3 Å². The van der Waals surface area contributed by atoms with Crippen LogP contribution in [0.15, 0.2) is 34.8 Å². The third-order valence-corrected chi connectivity index (χ3v) is 2.91. The van der Waals surface area contributed by atoms with Gasteiger partial charge in [-0.2, -0.15) is 0 Å². The second kappa shape index (κ2) is 4.28. The number of halogens is 2. The Bertz CT molecular complexity index is 462. The van der Waals surface area contributed by atoms with E-state index in [0.717, 1.165) is 10.4 Å². The van der Waals surface area contributed by atoms with Gasteiger partial charge in [-0.25, -0.2) is 0 Å². The smallest absolute Gasteiger partial charge is 0.261 e. The van der Waals surface area contributed by atoms with Crippen LogP contribution in [0.25, 0.3) is 0 Å².